The summed E-state index contributed by atoms with van der Waals surface area (Å²) in [6, 6.07) is 13.1. The van der Waals surface area contributed by atoms with Crippen molar-refractivity contribution in [3.63, 3.8) is 0 Å². The third-order valence-corrected chi connectivity index (χ3v) is 3.72. The van der Waals surface area contributed by atoms with E-state index in [-0.39, 0.29) is 10.8 Å². The van der Waals surface area contributed by atoms with Crippen molar-refractivity contribution in [1.82, 2.24) is 4.90 Å². The van der Waals surface area contributed by atoms with Crippen LogP contribution in [0.1, 0.15) is 22.3 Å². The lowest BCUT2D eigenvalue weighted by Crippen LogP contribution is -2.19. The molecule has 4 heteroatoms. The largest absolute Gasteiger partial charge is 0.389 e. The standard InChI is InChI=1S/C17H19FN2S/c1-12-5-3-4-6-14(12)10-20(2)11-15-8-7-13(17(19)21)9-16(15)18/h3-9H,10-11H2,1-2H3,(H2,19,21). The summed E-state index contributed by atoms with van der Waals surface area (Å²) in [6.45, 7) is 3.40. The lowest BCUT2D eigenvalue weighted by Gasteiger charge is -2.18. The molecule has 110 valence electrons. The number of hydrogen-bond acceptors (Lipinski definition) is 2. The first-order valence-corrected chi connectivity index (χ1v) is 7.19. The number of benzene rings is 2. The van der Waals surface area contributed by atoms with Gasteiger partial charge in [0.25, 0.3) is 0 Å². The Morgan fingerprint density at radius 3 is 2.43 bits per heavy atom. The van der Waals surface area contributed by atoms with Gasteiger partial charge >= 0.3 is 0 Å². The van der Waals surface area contributed by atoms with Crippen molar-refractivity contribution in [2.45, 2.75) is 20.0 Å². The Balaban J connectivity index is 2.08. The highest BCUT2D eigenvalue weighted by Crippen LogP contribution is 2.15. The zero-order chi connectivity index (χ0) is 15.4. The Bertz CT molecular complexity index is 655. The van der Waals surface area contributed by atoms with Gasteiger partial charge in [-0.05, 0) is 31.2 Å². The molecule has 0 aliphatic heterocycles. The summed E-state index contributed by atoms with van der Waals surface area (Å²) in [5.74, 6) is -0.267. The number of thiocarbonyl (C=S) groups is 1. The second kappa shape index (κ2) is 6.78. The van der Waals surface area contributed by atoms with Crippen LogP contribution in [0.3, 0.4) is 0 Å². The minimum absolute atomic E-state index is 0.216. The van der Waals surface area contributed by atoms with Gasteiger partial charge < -0.3 is 5.73 Å². The molecule has 0 aromatic heterocycles. The molecule has 2 aromatic rings. The van der Waals surface area contributed by atoms with E-state index < -0.39 is 0 Å². The van der Waals surface area contributed by atoms with E-state index in [2.05, 4.69) is 24.0 Å². The van der Waals surface area contributed by atoms with Gasteiger partial charge in [0.05, 0.1) is 0 Å². The van der Waals surface area contributed by atoms with Crippen LogP contribution in [0.4, 0.5) is 4.39 Å². The van der Waals surface area contributed by atoms with Gasteiger partial charge in [0, 0.05) is 24.2 Å². The Morgan fingerprint density at radius 1 is 1.14 bits per heavy atom. The molecule has 0 saturated heterocycles. The van der Waals surface area contributed by atoms with Gasteiger partial charge in [-0.1, -0.05) is 48.6 Å². The lowest BCUT2D eigenvalue weighted by molar-refractivity contribution is 0.313. The molecule has 2 nitrogen and oxygen atoms in total. The lowest BCUT2D eigenvalue weighted by atomic mass is 10.1. The van der Waals surface area contributed by atoms with Crippen molar-refractivity contribution in [3.05, 3.63) is 70.5 Å². The Morgan fingerprint density at radius 2 is 1.81 bits per heavy atom. The van der Waals surface area contributed by atoms with Crippen molar-refractivity contribution < 1.29 is 4.39 Å². The first-order chi connectivity index (χ1) is 9.97. The fourth-order valence-corrected chi connectivity index (χ4v) is 2.38. The predicted molar refractivity (Wildman–Crippen MR) is 88.6 cm³/mol. The predicted octanol–water partition coefficient (Wildman–Crippen LogP) is 3.40. The smallest absolute Gasteiger partial charge is 0.128 e. The molecule has 0 atom stereocenters. The van der Waals surface area contributed by atoms with E-state index in [0.717, 1.165) is 6.54 Å². The topological polar surface area (TPSA) is 29.3 Å². The highest BCUT2D eigenvalue weighted by Gasteiger charge is 2.09. The van der Waals surface area contributed by atoms with Gasteiger partial charge in [-0.3, -0.25) is 4.90 Å². The van der Waals surface area contributed by atoms with Gasteiger partial charge in [-0.15, -0.1) is 0 Å². The summed E-state index contributed by atoms with van der Waals surface area (Å²) in [5.41, 5.74) is 9.21. The quantitative estimate of drug-likeness (QED) is 0.858. The van der Waals surface area contributed by atoms with Crippen molar-refractivity contribution in [1.29, 1.82) is 0 Å². The fourth-order valence-electron chi connectivity index (χ4n) is 2.25. The van der Waals surface area contributed by atoms with Crippen LogP contribution >= 0.6 is 12.2 Å². The van der Waals surface area contributed by atoms with Crippen molar-refractivity contribution in [3.8, 4) is 0 Å². The van der Waals surface area contributed by atoms with Gasteiger partial charge in [-0.2, -0.15) is 0 Å². The molecule has 0 saturated carbocycles. The molecule has 0 aliphatic rings. The Hall–Kier alpha value is -1.78. The minimum Gasteiger partial charge on any atom is -0.389 e. The molecule has 0 fully saturated rings. The first-order valence-electron chi connectivity index (χ1n) is 6.78. The third-order valence-electron chi connectivity index (χ3n) is 3.48. The molecule has 21 heavy (non-hydrogen) atoms. The van der Waals surface area contributed by atoms with Crippen LogP contribution in [-0.2, 0) is 13.1 Å². The van der Waals surface area contributed by atoms with Gasteiger partial charge in [0.1, 0.15) is 10.8 Å². The van der Waals surface area contributed by atoms with Crippen molar-refractivity contribution in [2.75, 3.05) is 7.05 Å². The van der Waals surface area contributed by atoms with E-state index in [1.54, 1.807) is 12.1 Å². The molecule has 0 radical (unpaired) electrons. The number of rotatable bonds is 5. The molecule has 0 unspecified atom stereocenters. The van der Waals surface area contributed by atoms with Crippen molar-refractivity contribution >= 4 is 17.2 Å². The molecule has 2 N–H and O–H groups in total. The average Bonchev–Trinajstić information content (AvgIpc) is 2.43. The summed E-state index contributed by atoms with van der Waals surface area (Å²) in [5, 5.41) is 0. The third kappa shape index (κ3) is 4.09. The Kier molecular flexibility index (Phi) is 5.04. The van der Waals surface area contributed by atoms with Crippen LogP contribution in [0, 0.1) is 12.7 Å². The number of aryl methyl sites for hydroxylation is 1. The maximum Gasteiger partial charge on any atom is 0.128 e. The number of nitrogens with zero attached hydrogens (tertiary/aromatic N) is 1. The van der Waals surface area contributed by atoms with E-state index >= 15 is 0 Å². The van der Waals surface area contributed by atoms with E-state index in [4.69, 9.17) is 18.0 Å². The molecule has 0 heterocycles. The molecular weight excluding hydrogens is 283 g/mol. The monoisotopic (exact) mass is 302 g/mol. The summed E-state index contributed by atoms with van der Waals surface area (Å²) in [7, 11) is 1.98. The highest BCUT2D eigenvalue weighted by molar-refractivity contribution is 7.80. The summed E-state index contributed by atoms with van der Waals surface area (Å²) < 4.78 is 14.0. The van der Waals surface area contributed by atoms with Gasteiger partial charge in [0.2, 0.25) is 0 Å². The second-order valence-corrected chi connectivity index (χ2v) is 5.71. The molecule has 2 rings (SSSR count). The summed E-state index contributed by atoms with van der Waals surface area (Å²) in [6.07, 6.45) is 0. The SMILES string of the molecule is Cc1ccccc1CN(C)Cc1ccc(C(N)=S)cc1F. The van der Waals surface area contributed by atoms with E-state index in [9.17, 15) is 4.39 Å². The van der Waals surface area contributed by atoms with Crippen LogP contribution < -0.4 is 5.73 Å². The molecule has 0 aliphatic carbocycles. The van der Waals surface area contributed by atoms with Crippen LogP contribution in [0.25, 0.3) is 0 Å². The van der Waals surface area contributed by atoms with Gasteiger partial charge in [-0.25, -0.2) is 4.39 Å². The molecule has 2 aromatic carbocycles. The van der Waals surface area contributed by atoms with Crippen LogP contribution in [0.15, 0.2) is 42.5 Å². The average molecular weight is 302 g/mol. The molecule has 0 amide bonds. The zero-order valence-corrected chi connectivity index (χ0v) is 13.1. The highest BCUT2D eigenvalue weighted by atomic mass is 32.1. The van der Waals surface area contributed by atoms with E-state index in [1.165, 1.54) is 17.2 Å². The normalized spacial score (nSPS) is 10.9. The first kappa shape index (κ1) is 15.6. The number of hydrogen-bond donors (Lipinski definition) is 1. The summed E-state index contributed by atoms with van der Waals surface area (Å²) >= 11 is 4.85. The summed E-state index contributed by atoms with van der Waals surface area (Å²) in [4.78, 5) is 2.30. The van der Waals surface area contributed by atoms with Gasteiger partial charge in [0.15, 0.2) is 0 Å². The van der Waals surface area contributed by atoms with Crippen molar-refractivity contribution in [2.24, 2.45) is 5.73 Å². The molecule has 0 bridgehead atoms. The number of nitrogens with two attached hydrogens (primary N) is 1. The molecule has 0 spiro atoms. The second-order valence-electron chi connectivity index (χ2n) is 5.27. The fraction of sp³-hybridized carbons (Fsp3) is 0.235. The minimum atomic E-state index is -0.267. The Labute approximate surface area is 130 Å². The zero-order valence-electron chi connectivity index (χ0n) is 12.3. The van der Waals surface area contributed by atoms with Crippen LogP contribution in [-0.4, -0.2) is 16.9 Å². The van der Waals surface area contributed by atoms with E-state index in [0.29, 0.717) is 17.7 Å². The number of halogens is 1. The van der Waals surface area contributed by atoms with Crippen LogP contribution in [0.2, 0.25) is 0 Å². The van der Waals surface area contributed by atoms with E-state index in [1.807, 2.05) is 19.2 Å². The van der Waals surface area contributed by atoms with Crippen LogP contribution in [0.5, 0.6) is 0 Å². The maximum absolute atomic E-state index is 14.0. The maximum atomic E-state index is 14.0. The molecular formula is C17H19FN2S.